The minimum atomic E-state index is -5.00. The van der Waals surface area contributed by atoms with Crippen molar-refractivity contribution >= 4 is 28.9 Å². The van der Waals surface area contributed by atoms with E-state index in [-0.39, 0.29) is 17.6 Å². The number of ether oxygens (including phenoxy) is 2. The van der Waals surface area contributed by atoms with Gasteiger partial charge < -0.3 is 14.8 Å². The number of methoxy groups -OCH3 is 1. The van der Waals surface area contributed by atoms with Crippen LogP contribution in [0.1, 0.15) is 27.8 Å². The van der Waals surface area contributed by atoms with Crippen LogP contribution in [0.5, 0.6) is 11.5 Å². The molecule has 0 radical (unpaired) electrons. The Bertz CT molecular complexity index is 1440. The molecule has 1 N–H and O–H groups in total. The molecule has 0 unspecified atom stereocenters. The van der Waals surface area contributed by atoms with Gasteiger partial charge in [0, 0.05) is 23.7 Å². The van der Waals surface area contributed by atoms with Gasteiger partial charge in [0.05, 0.1) is 23.1 Å². The van der Waals surface area contributed by atoms with E-state index in [2.05, 4.69) is 10.3 Å². The molecule has 0 aromatic heterocycles. The van der Waals surface area contributed by atoms with Gasteiger partial charge >= 0.3 is 12.4 Å². The number of benzene rings is 3. The molecule has 0 saturated heterocycles. The first-order valence-electron chi connectivity index (χ1n) is 11.8. The Labute approximate surface area is 229 Å². The Balaban J connectivity index is 1.42. The molecule has 5 nitrogen and oxygen atoms in total. The van der Waals surface area contributed by atoms with Gasteiger partial charge in [-0.1, -0.05) is 36.4 Å². The van der Waals surface area contributed by atoms with E-state index < -0.39 is 41.6 Å². The highest BCUT2D eigenvalue weighted by molar-refractivity contribution is 8.18. The van der Waals surface area contributed by atoms with Crippen molar-refractivity contribution in [3.8, 4) is 11.5 Å². The van der Waals surface area contributed by atoms with Gasteiger partial charge in [0.25, 0.3) is 5.91 Å². The van der Waals surface area contributed by atoms with Crippen molar-refractivity contribution in [2.24, 2.45) is 4.99 Å². The highest BCUT2D eigenvalue weighted by Crippen LogP contribution is 2.38. The highest BCUT2D eigenvalue weighted by Gasteiger charge is 2.38. The minimum Gasteiger partial charge on any atom is -0.496 e. The average molecular weight is 581 g/mol. The third-order valence-corrected chi connectivity index (χ3v) is 6.72. The average Bonchev–Trinajstić information content (AvgIpc) is 3.26. The second kappa shape index (κ2) is 12.1. The van der Waals surface area contributed by atoms with E-state index in [1.165, 1.54) is 19.2 Å². The van der Waals surface area contributed by atoms with Gasteiger partial charge in [0.2, 0.25) is 0 Å². The molecule has 1 amide bonds. The largest absolute Gasteiger partial charge is 0.496 e. The summed E-state index contributed by atoms with van der Waals surface area (Å²) >= 11 is 1.16. The molecule has 0 fully saturated rings. The van der Waals surface area contributed by atoms with Gasteiger partial charge in [-0.3, -0.25) is 4.79 Å². The first-order chi connectivity index (χ1) is 18.9. The number of hydrogen-bond donors (Lipinski definition) is 1. The number of amidine groups is 1. The lowest BCUT2D eigenvalue weighted by Gasteiger charge is -2.17. The van der Waals surface area contributed by atoms with Gasteiger partial charge in [0.1, 0.15) is 18.1 Å². The summed E-state index contributed by atoms with van der Waals surface area (Å²) in [5.41, 5.74) is -1.65. The fourth-order valence-electron chi connectivity index (χ4n) is 3.79. The fourth-order valence-corrected chi connectivity index (χ4v) is 4.62. The fraction of sp³-hybridized carbons (Fsp3) is 0.214. The Morgan fingerprint density at radius 3 is 2.38 bits per heavy atom. The third kappa shape index (κ3) is 7.38. The van der Waals surface area contributed by atoms with Crippen LogP contribution in [0, 0.1) is 0 Å². The van der Waals surface area contributed by atoms with Crippen LogP contribution in [0.4, 0.5) is 26.3 Å². The lowest BCUT2D eigenvalue weighted by atomic mass is 10.0. The molecule has 0 aliphatic carbocycles. The number of halogens is 6. The minimum absolute atomic E-state index is 0.0672. The van der Waals surface area contributed by atoms with Crippen LogP contribution in [0.25, 0.3) is 6.08 Å². The van der Waals surface area contributed by atoms with E-state index in [0.29, 0.717) is 28.2 Å². The molecule has 1 heterocycles. The number of thioether (sulfide) groups is 1. The summed E-state index contributed by atoms with van der Waals surface area (Å²) in [6.07, 6.45) is -7.60. The normalized spacial score (nSPS) is 14.8. The van der Waals surface area contributed by atoms with E-state index in [4.69, 9.17) is 9.47 Å². The molecule has 0 atom stereocenters. The Kier molecular flexibility index (Phi) is 8.77. The second-order valence-electron chi connectivity index (χ2n) is 8.56. The monoisotopic (exact) mass is 580 g/mol. The van der Waals surface area contributed by atoms with Gasteiger partial charge in [-0.15, -0.1) is 0 Å². The number of aliphatic imine (C=N–C) groups is 1. The summed E-state index contributed by atoms with van der Waals surface area (Å²) in [7, 11) is 1.37. The number of carbonyl (C=O) groups is 1. The first kappa shape index (κ1) is 29.1. The van der Waals surface area contributed by atoms with E-state index in [1.807, 2.05) is 30.3 Å². The number of carbonyl (C=O) groups excluding carboxylic acids is 1. The molecule has 1 aliphatic heterocycles. The zero-order valence-corrected chi connectivity index (χ0v) is 21.7. The van der Waals surface area contributed by atoms with Gasteiger partial charge in [-0.25, -0.2) is 0 Å². The molecule has 1 aliphatic rings. The van der Waals surface area contributed by atoms with Crippen LogP contribution in [0.15, 0.2) is 76.6 Å². The van der Waals surface area contributed by atoms with Gasteiger partial charge in [-0.2, -0.15) is 31.3 Å². The van der Waals surface area contributed by atoms with E-state index in [1.54, 1.807) is 12.1 Å². The van der Waals surface area contributed by atoms with E-state index >= 15 is 0 Å². The van der Waals surface area contributed by atoms with Crippen LogP contribution in [-0.4, -0.2) is 24.7 Å². The van der Waals surface area contributed by atoms with Crippen LogP contribution >= 0.6 is 11.8 Å². The Morgan fingerprint density at radius 2 is 1.70 bits per heavy atom. The number of amides is 1. The van der Waals surface area contributed by atoms with Crippen LogP contribution < -0.4 is 14.8 Å². The maximum Gasteiger partial charge on any atom is 0.416 e. The molecule has 4 rings (SSSR count). The number of nitrogens with one attached hydrogen (secondary N) is 1. The van der Waals surface area contributed by atoms with Crippen molar-refractivity contribution in [1.29, 1.82) is 0 Å². The summed E-state index contributed by atoms with van der Waals surface area (Å²) < 4.78 is 89.8. The quantitative estimate of drug-likeness (QED) is 0.227. The molecular weight excluding hydrogens is 558 g/mol. The van der Waals surface area contributed by atoms with Crippen molar-refractivity contribution in [2.75, 3.05) is 13.7 Å². The molecule has 3 aromatic carbocycles. The van der Waals surface area contributed by atoms with Crippen molar-refractivity contribution < 1.29 is 40.6 Å². The zero-order chi connectivity index (χ0) is 28.9. The van der Waals surface area contributed by atoms with Crippen molar-refractivity contribution in [3.63, 3.8) is 0 Å². The summed E-state index contributed by atoms with van der Waals surface area (Å²) in [4.78, 5) is 16.8. The molecule has 0 spiro atoms. The highest BCUT2D eigenvalue weighted by atomic mass is 32.2. The second-order valence-corrected chi connectivity index (χ2v) is 9.59. The first-order valence-corrected chi connectivity index (χ1v) is 12.6. The van der Waals surface area contributed by atoms with Gasteiger partial charge in [0.15, 0.2) is 5.17 Å². The number of nitrogens with zero attached hydrogens (tertiary/aromatic N) is 1. The summed E-state index contributed by atoms with van der Waals surface area (Å²) in [5, 5.41) is 3.59. The van der Waals surface area contributed by atoms with Crippen molar-refractivity contribution in [3.05, 3.63) is 99.5 Å². The molecule has 0 saturated carbocycles. The topological polar surface area (TPSA) is 59.9 Å². The smallest absolute Gasteiger partial charge is 0.416 e. The van der Waals surface area contributed by atoms with Crippen LogP contribution in [0.2, 0.25) is 0 Å². The predicted molar refractivity (Wildman–Crippen MR) is 140 cm³/mol. The van der Waals surface area contributed by atoms with Crippen molar-refractivity contribution in [1.82, 2.24) is 5.32 Å². The lowest BCUT2D eigenvalue weighted by molar-refractivity contribution is -0.143. The maximum absolute atomic E-state index is 13.4. The summed E-state index contributed by atoms with van der Waals surface area (Å²) in [6.45, 7) is -0.0441. The van der Waals surface area contributed by atoms with E-state index in [0.717, 1.165) is 29.8 Å². The SMILES string of the molecule is COc1cc(OCc2ccc(C(F)(F)F)cc2C(F)(F)F)ccc1C=C1SC(NCCc2ccccc2)=NC1=O. The maximum atomic E-state index is 13.4. The predicted octanol–water partition coefficient (Wildman–Crippen LogP) is 7.11. The molecule has 3 aromatic rings. The number of alkyl halides is 6. The van der Waals surface area contributed by atoms with Gasteiger partial charge in [-0.05, 0) is 54.1 Å². The summed E-state index contributed by atoms with van der Waals surface area (Å²) in [5.74, 6) is -0.0409. The molecular formula is C28H22F6N2O3S. The van der Waals surface area contributed by atoms with Crippen LogP contribution in [-0.2, 0) is 30.2 Å². The summed E-state index contributed by atoms with van der Waals surface area (Å²) in [6, 6.07) is 15.6. The molecule has 40 heavy (non-hydrogen) atoms. The number of rotatable bonds is 8. The molecule has 12 heteroatoms. The van der Waals surface area contributed by atoms with Crippen molar-refractivity contribution in [2.45, 2.75) is 25.4 Å². The Morgan fingerprint density at radius 1 is 0.950 bits per heavy atom. The lowest BCUT2D eigenvalue weighted by Crippen LogP contribution is -2.21. The Hall–Kier alpha value is -3.93. The molecule has 210 valence electrons. The number of hydrogen-bond acceptors (Lipinski definition) is 5. The molecule has 0 bridgehead atoms. The zero-order valence-electron chi connectivity index (χ0n) is 20.9. The van der Waals surface area contributed by atoms with E-state index in [9.17, 15) is 31.1 Å². The third-order valence-electron chi connectivity index (χ3n) is 5.78. The van der Waals surface area contributed by atoms with Crippen LogP contribution in [0.3, 0.4) is 0 Å². The standard InChI is InChI=1S/C28H22F6N2O3S/c1-38-23-15-21(39-16-19-7-9-20(27(29,30)31)14-22(19)28(32,33)34)10-8-18(23)13-24-25(37)36-26(40-24)35-12-11-17-5-3-2-4-6-17/h2-10,13-15H,11-12,16H2,1H3,(H,35,36,37).